The summed E-state index contributed by atoms with van der Waals surface area (Å²) in [4.78, 5) is 14.8. The van der Waals surface area contributed by atoms with Crippen LogP contribution in [0.25, 0.3) is 0 Å². The lowest BCUT2D eigenvalue weighted by molar-refractivity contribution is -0.167. The minimum Gasteiger partial charge on any atom is -0.469 e. The fraction of sp³-hybridized carbons (Fsp3) is 0.611. The van der Waals surface area contributed by atoms with Crippen molar-refractivity contribution < 1.29 is 14.3 Å². The number of esters is 1. The number of rotatable bonds is 4. The van der Waals surface area contributed by atoms with Crippen molar-refractivity contribution in [2.45, 2.75) is 31.9 Å². The molecule has 1 aromatic carbocycles. The standard InChI is InChI=1S/C18H25NO3/c1-21-16-8-9-18(17(20)22-2)10-15(16)12-19(13-18)11-14-6-4-3-5-7-14/h3-7,15-16H,8-13H2,1-2H3/t15-,16-,18-/m0/s1. The molecule has 1 heterocycles. The van der Waals surface area contributed by atoms with Crippen LogP contribution in [-0.4, -0.2) is 44.3 Å². The largest absolute Gasteiger partial charge is 0.469 e. The molecule has 3 rings (SSSR count). The first-order valence-corrected chi connectivity index (χ1v) is 8.04. The van der Waals surface area contributed by atoms with Crippen molar-refractivity contribution in [3.05, 3.63) is 35.9 Å². The Hall–Kier alpha value is -1.39. The van der Waals surface area contributed by atoms with Crippen LogP contribution in [0.4, 0.5) is 0 Å². The van der Waals surface area contributed by atoms with Gasteiger partial charge in [0.15, 0.2) is 0 Å². The molecule has 0 amide bonds. The van der Waals surface area contributed by atoms with Gasteiger partial charge in [0.05, 0.1) is 18.6 Å². The second-order valence-electron chi connectivity index (χ2n) is 6.70. The number of ether oxygens (including phenoxy) is 2. The van der Waals surface area contributed by atoms with E-state index in [4.69, 9.17) is 9.47 Å². The van der Waals surface area contributed by atoms with Gasteiger partial charge >= 0.3 is 5.97 Å². The number of nitrogens with zero attached hydrogens (tertiary/aromatic N) is 1. The summed E-state index contributed by atoms with van der Waals surface area (Å²) in [5.74, 6) is 0.361. The molecule has 2 aliphatic rings. The molecule has 1 aliphatic heterocycles. The molecule has 3 atom stereocenters. The third kappa shape index (κ3) is 2.90. The Labute approximate surface area is 132 Å². The van der Waals surface area contributed by atoms with Gasteiger partial charge in [0.25, 0.3) is 0 Å². The second-order valence-corrected chi connectivity index (χ2v) is 6.70. The summed E-state index contributed by atoms with van der Waals surface area (Å²) in [6.07, 6.45) is 2.97. The van der Waals surface area contributed by atoms with E-state index in [0.29, 0.717) is 5.92 Å². The van der Waals surface area contributed by atoms with Crippen LogP contribution in [0, 0.1) is 11.3 Å². The lowest BCUT2D eigenvalue weighted by Gasteiger charge is -2.50. The molecule has 1 saturated heterocycles. The minimum absolute atomic E-state index is 0.0511. The molecular weight excluding hydrogens is 278 g/mol. The molecule has 0 N–H and O–H groups in total. The summed E-state index contributed by atoms with van der Waals surface area (Å²) in [7, 11) is 3.29. The van der Waals surface area contributed by atoms with Gasteiger partial charge in [0.1, 0.15) is 0 Å². The summed E-state index contributed by atoms with van der Waals surface area (Å²) in [5.41, 5.74) is 0.943. The van der Waals surface area contributed by atoms with Crippen molar-refractivity contribution in [1.82, 2.24) is 4.90 Å². The molecule has 0 aromatic heterocycles. The third-order valence-corrected chi connectivity index (χ3v) is 5.28. The number of fused-ring (bicyclic) bond motifs is 2. The van der Waals surface area contributed by atoms with E-state index in [9.17, 15) is 4.79 Å². The zero-order valence-corrected chi connectivity index (χ0v) is 13.5. The average molecular weight is 303 g/mol. The maximum atomic E-state index is 12.4. The zero-order valence-electron chi connectivity index (χ0n) is 13.5. The normalized spacial score (nSPS) is 31.7. The Morgan fingerprint density at radius 3 is 2.77 bits per heavy atom. The summed E-state index contributed by atoms with van der Waals surface area (Å²) >= 11 is 0. The Morgan fingerprint density at radius 2 is 2.09 bits per heavy atom. The van der Waals surface area contributed by atoms with Gasteiger partial charge in [-0.1, -0.05) is 30.3 Å². The maximum Gasteiger partial charge on any atom is 0.313 e. The van der Waals surface area contributed by atoms with Gasteiger partial charge in [-0.05, 0) is 30.7 Å². The first kappa shape index (κ1) is 15.5. The summed E-state index contributed by atoms with van der Waals surface area (Å²) < 4.78 is 10.8. The second kappa shape index (κ2) is 6.39. The first-order chi connectivity index (χ1) is 10.7. The van der Waals surface area contributed by atoms with Gasteiger partial charge in [0, 0.05) is 26.7 Å². The molecule has 4 heteroatoms. The summed E-state index contributed by atoms with van der Waals surface area (Å²) in [5, 5.41) is 0. The third-order valence-electron chi connectivity index (χ3n) is 5.28. The van der Waals surface area contributed by atoms with E-state index >= 15 is 0 Å². The van der Waals surface area contributed by atoms with Gasteiger partial charge < -0.3 is 9.47 Å². The molecule has 22 heavy (non-hydrogen) atoms. The number of carbonyl (C=O) groups excluding carboxylic acids is 1. The molecule has 1 aromatic rings. The Bertz CT molecular complexity index is 518. The smallest absolute Gasteiger partial charge is 0.313 e. The lowest BCUT2D eigenvalue weighted by atomic mass is 9.65. The fourth-order valence-corrected chi connectivity index (χ4v) is 4.28. The van der Waals surface area contributed by atoms with E-state index in [1.807, 2.05) is 6.07 Å². The molecule has 1 saturated carbocycles. The molecule has 2 fully saturated rings. The highest BCUT2D eigenvalue weighted by Gasteiger charge is 2.51. The number of benzene rings is 1. The topological polar surface area (TPSA) is 38.8 Å². The molecule has 0 unspecified atom stereocenters. The van der Waals surface area contributed by atoms with Crippen molar-refractivity contribution in [2.24, 2.45) is 11.3 Å². The Kier molecular flexibility index (Phi) is 4.50. The SMILES string of the molecule is COC(=O)[C@]12CC[C@H](OC)[C@H](CN(Cc3ccccc3)C1)C2. The molecule has 1 aliphatic carbocycles. The maximum absolute atomic E-state index is 12.4. The quantitative estimate of drug-likeness (QED) is 0.801. The lowest BCUT2D eigenvalue weighted by Crippen LogP contribution is -2.57. The molecule has 2 bridgehead atoms. The highest BCUT2D eigenvalue weighted by Crippen LogP contribution is 2.46. The van der Waals surface area contributed by atoms with E-state index in [0.717, 1.165) is 38.9 Å². The van der Waals surface area contributed by atoms with Crippen LogP contribution in [0.2, 0.25) is 0 Å². The van der Waals surface area contributed by atoms with Crippen molar-refractivity contribution in [2.75, 3.05) is 27.3 Å². The number of likely N-dealkylation sites (tertiary alicyclic amines) is 1. The highest BCUT2D eigenvalue weighted by molar-refractivity contribution is 5.77. The van der Waals surface area contributed by atoms with Crippen molar-refractivity contribution in [1.29, 1.82) is 0 Å². The number of methoxy groups -OCH3 is 2. The average Bonchev–Trinajstić information content (AvgIpc) is 2.55. The van der Waals surface area contributed by atoms with Gasteiger partial charge in [-0.3, -0.25) is 9.69 Å². The number of piperidine rings is 1. The fourth-order valence-electron chi connectivity index (χ4n) is 4.28. The Balaban J connectivity index is 1.80. The molecule has 0 radical (unpaired) electrons. The van der Waals surface area contributed by atoms with Crippen LogP contribution in [-0.2, 0) is 20.8 Å². The van der Waals surface area contributed by atoms with Crippen molar-refractivity contribution >= 4 is 5.97 Å². The van der Waals surface area contributed by atoms with Gasteiger partial charge in [0.2, 0.25) is 0 Å². The monoisotopic (exact) mass is 303 g/mol. The van der Waals surface area contributed by atoms with Crippen LogP contribution in [0.5, 0.6) is 0 Å². The van der Waals surface area contributed by atoms with E-state index in [2.05, 4.69) is 29.2 Å². The van der Waals surface area contributed by atoms with Crippen LogP contribution in [0.3, 0.4) is 0 Å². The number of hydrogen-bond acceptors (Lipinski definition) is 4. The molecule has 120 valence electrons. The van der Waals surface area contributed by atoms with Crippen LogP contribution >= 0.6 is 0 Å². The van der Waals surface area contributed by atoms with E-state index in [-0.39, 0.29) is 17.5 Å². The van der Waals surface area contributed by atoms with Gasteiger partial charge in [-0.25, -0.2) is 0 Å². The van der Waals surface area contributed by atoms with E-state index in [1.54, 1.807) is 7.11 Å². The van der Waals surface area contributed by atoms with Crippen LogP contribution < -0.4 is 0 Å². The predicted octanol–water partition coefficient (Wildman–Crippen LogP) is 2.48. The van der Waals surface area contributed by atoms with Crippen molar-refractivity contribution in [3.8, 4) is 0 Å². The summed E-state index contributed by atoms with van der Waals surface area (Å²) in [6, 6.07) is 10.4. The number of carbonyl (C=O) groups is 1. The van der Waals surface area contributed by atoms with Crippen LogP contribution in [0.15, 0.2) is 30.3 Å². The van der Waals surface area contributed by atoms with E-state index in [1.165, 1.54) is 12.7 Å². The molecule has 0 spiro atoms. The first-order valence-electron chi connectivity index (χ1n) is 8.04. The zero-order chi connectivity index (χ0) is 15.6. The van der Waals surface area contributed by atoms with Gasteiger partial charge in [-0.2, -0.15) is 0 Å². The Morgan fingerprint density at radius 1 is 1.32 bits per heavy atom. The number of hydrogen-bond donors (Lipinski definition) is 0. The van der Waals surface area contributed by atoms with Gasteiger partial charge in [-0.15, -0.1) is 0 Å². The van der Waals surface area contributed by atoms with E-state index < -0.39 is 0 Å². The highest BCUT2D eigenvalue weighted by atomic mass is 16.5. The summed E-state index contributed by atoms with van der Waals surface area (Å²) in [6.45, 7) is 2.67. The minimum atomic E-state index is -0.346. The molecule has 4 nitrogen and oxygen atoms in total. The molecular formula is C18H25NO3. The predicted molar refractivity (Wildman–Crippen MR) is 84.3 cm³/mol. The van der Waals surface area contributed by atoms with Crippen LogP contribution in [0.1, 0.15) is 24.8 Å². The van der Waals surface area contributed by atoms with Crippen molar-refractivity contribution in [3.63, 3.8) is 0 Å².